The summed E-state index contributed by atoms with van der Waals surface area (Å²) in [5.74, 6) is 1.24. The fraction of sp³-hybridized carbons (Fsp3) is 0.533. The van der Waals surface area contributed by atoms with Crippen LogP contribution in [0.2, 0.25) is 0 Å². The molecule has 0 radical (unpaired) electrons. The van der Waals surface area contributed by atoms with Gasteiger partial charge in [0.2, 0.25) is 0 Å². The molecule has 1 aliphatic heterocycles. The predicted molar refractivity (Wildman–Crippen MR) is 84.5 cm³/mol. The van der Waals surface area contributed by atoms with Crippen molar-refractivity contribution < 1.29 is 14.3 Å². The van der Waals surface area contributed by atoms with E-state index in [1.165, 1.54) is 0 Å². The highest BCUT2D eigenvalue weighted by molar-refractivity contribution is 5.85. The van der Waals surface area contributed by atoms with Crippen molar-refractivity contribution in [3.63, 3.8) is 0 Å². The van der Waals surface area contributed by atoms with E-state index in [0.29, 0.717) is 11.5 Å². The normalized spacial score (nSPS) is 17.0. The molecule has 21 heavy (non-hydrogen) atoms. The highest BCUT2D eigenvalue weighted by Crippen LogP contribution is 2.27. The zero-order chi connectivity index (χ0) is 14.5. The Kier molecular flexibility index (Phi) is 6.78. The minimum atomic E-state index is -0.0127. The summed E-state index contributed by atoms with van der Waals surface area (Å²) in [4.78, 5) is 13.9. The topological polar surface area (TPSA) is 50.8 Å². The second kappa shape index (κ2) is 8.10. The van der Waals surface area contributed by atoms with Gasteiger partial charge in [-0.2, -0.15) is 0 Å². The van der Waals surface area contributed by atoms with E-state index in [0.717, 1.165) is 25.1 Å². The molecule has 0 aromatic heterocycles. The standard InChI is InChI=1S/C15H22N2O3.ClH/c1-11-4-5-13(14(8-11)19-3)20-10-15(18)17(2)12-6-7-16-9-12;/h4-5,8,12,16H,6-7,9-10H2,1-3H3;1H. The first kappa shape index (κ1) is 17.6. The predicted octanol–water partition coefficient (Wildman–Crippen LogP) is 1.62. The molecular formula is C15H23ClN2O3. The quantitative estimate of drug-likeness (QED) is 0.897. The summed E-state index contributed by atoms with van der Waals surface area (Å²) >= 11 is 0. The molecule has 1 fully saturated rings. The van der Waals surface area contributed by atoms with Crippen LogP contribution in [-0.2, 0) is 4.79 Å². The summed E-state index contributed by atoms with van der Waals surface area (Å²) in [6.45, 7) is 3.84. The lowest BCUT2D eigenvalue weighted by atomic mass is 10.2. The third kappa shape index (κ3) is 4.51. The van der Waals surface area contributed by atoms with Crippen molar-refractivity contribution in [1.29, 1.82) is 0 Å². The van der Waals surface area contributed by atoms with Gasteiger partial charge in [-0.1, -0.05) is 6.07 Å². The van der Waals surface area contributed by atoms with Crippen LogP contribution in [0, 0.1) is 6.92 Å². The van der Waals surface area contributed by atoms with Crippen LogP contribution in [-0.4, -0.2) is 50.7 Å². The Balaban J connectivity index is 0.00000220. The van der Waals surface area contributed by atoms with Crippen LogP contribution in [0.3, 0.4) is 0 Å². The van der Waals surface area contributed by atoms with Crippen molar-refractivity contribution in [1.82, 2.24) is 10.2 Å². The van der Waals surface area contributed by atoms with Gasteiger partial charge in [0, 0.05) is 19.6 Å². The summed E-state index contributed by atoms with van der Waals surface area (Å²) in [6.07, 6.45) is 0.996. The summed E-state index contributed by atoms with van der Waals surface area (Å²) in [6, 6.07) is 5.93. The van der Waals surface area contributed by atoms with Gasteiger partial charge in [0.1, 0.15) is 0 Å². The molecule has 0 saturated carbocycles. The van der Waals surface area contributed by atoms with Crippen molar-refractivity contribution in [2.45, 2.75) is 19.4 Å². The van der Waals surface area contributed by atoms with E-state index in [9.17, 15) is 4.79 Å². The van der Waals surface area contributed by atoms with Crippen LogP contribution < -0.4 is 14.8 Å². The number of hydrogen-bond donors (Lipinski definition) is 1. The van der Waals surface area contributed by atoms with Gasteiger partial charge in [-0.05, 0) is 37.6 Å². The van der Waals surface area contributed by atoms with Gasteiger partial charge < -0.3 is 19.7 Å². The van der Waals surface area contributed by atoms with E-state index in [1.807, 2.05) is 32.2 Å². The Labute approximate surface area is 132 Å². The molecule has 1 atom stereocenters. The first-order valence-electron chi connectivity index (χ1n) is 6.85. The van der Waals surface area contributed by atoms with Crippen LogP contribution in [0.5, 0.6) is 11.5 Å². The minimum absolute atomic E-state index is 0. The minimum Gasteiger partial charge on any atom is -0.493 e. The van der Waals surface area contributed by atoms with Crippen LogP contribution in [0.1, 0.15) is 12.0 Å². The number of ether oxygens (including phenoxy) is 2. The number of carbonyl (C=O) groups excluding carboxylic acids is 1. The van der Waals surface area contributed by atoms with Crippen molar-refractivity contribution in [2.75, 3.05) is 33.9 Å². The van der Waals surface area contributed by atoms with Gasteiger partial charge in [-0.15, -0.1) is 12.4 Å². The van der Waals surface area contributed by atoms with Crippen molar-refractivity contribution in [3.8, 4) is 11.5 Å². The molecule has 5 nitrogen and oxygen atoms in total. The average Bonchev–Trinajstić information content (AvgIpc) is 2.98. The molecule has 6 heteroatoms. The van der Waals surface area contributed by atoms with Crippen molar-refractivity contribution >= 4 is 18.3 Å². The molecule has 1 heterocycles. The number of nitrogens with zero attached hydrogens (tertiary/aromatic N) is 1. The number of methoxy groups -OCH3 is 1. The van der Waals surface area contributed by atoms with E-state index in [1.54, 1.807) is 12.0 Å². The SMILES string of the molecule is COc1cc(C)ccc1OCC(=O)N(C)C1CCNC1.Cl. The van der Waals surface area contributed by atoms with Gasteiger partial charge in [0.25, 0.3) is 5.91 Å². The van der Waals surface area contributed by atoms with Crippen molar-refractivity contribution in [2.24, 2.45) is 0 Å². The number of hydrogen-bond acceptors (Lipinski definition) is 4. The van der Waals surface area contributed by atoms with Crippen LogP contribution >= 0.6 is 12.4 Å². The fourth-order valence-corrected chi connectivity index (χ4v) is 2.31. The Morgan fingerprint density at radius 2 is 2.19 bits per heavy atom. The molecule has 0 aliphatic carbocycles. The molecule has 1 aromatic carbocycles. The molecule has 0 bridgehead atoms. The molecule has 0 spiro atoms. The second-order valence-corrected chi connectivity index (χ2v) is 5.09. The highest BCUT2D eigenvalue weighted by Gasteiger charge is 2.23. The molecule has 1 saturated heterocycles. The number of benzene rings is 1. The Morgan fingerprint density at radius 3 is 2.81 bits per heavy atom. The Bertz CT molecular complexity index is 476. The number of amides is 1. The molecule has 118 valence electrons. The lowest BCUT2D eigenvalue weighted by Gasteiger charge is -2.24. The zero-order valence-corrected chi connectivity index (χ0v) is 13.5. The maximum atomic E-state index is 12.1. The summed E-state index contributed by atoms with van der Waals surface area (Å²) < 4.78 is 10.8. The lowest BCUT2D eigenvalue weighted by Crippen LogP contribution is -2.40. The number of halogens is 1. The number of rotatable bonds is 5. The van der Waals surface area contributed by atoms with E-state index >= 15 is 0 Å². The van der Waals surface area contributed by atoms with Gasteiger partial charge in [0.05, 0.1) is 7.11 Å². The monoisotopic (exact) mass is 314 g/mol. The highest BCUT2D eigenvalue weighted by atomic mass is 35.5. The third-order valence-corrected chi connectivity index (χ3v) is 3.65. The van der Waals surface area contributed by atoms with Gasteiger partial charge in [-0.25, -0.2) is 0 Å². The summed E-state index contributed by atoms with van der Waals surface area (Å²) in [5.41, 5.74) is 1.09. The molecule has 1 amide bonds. The van der Waals surface area contributed by atoms with Crippen LogP contribution in [0.4, 0.5) is 0 Å². The summed E-state index contributed by atoms with van der Waals surface area (Å²) in [7, 11) is 3.43. The maximum Gasteiger partial charge on any atom is 0.260 e. The molecule has 1 aliphatic rings. The number of nitrogens with one attached hydrogen (secondary N) is 1. The van der Waals surface area contributed by atoms with Crippen LogP contribution in [0.25, 0.3) is 0 Å². The molecule has 1 N–H and O–H groups in total. The van der Waals surface area contributed by atoms with Gasteiger partial charge in [-0.3, -0.25) is 4.79 Å². The summed E-state index contributed by atoms with van der Waals surface area (Å²) in [5, 5.41) is 3.25. The third-order valence-electron chi connectivity index (χ3n) is 3.65. The van der Waals surface area contributed by atoms with Crippen molar-refractivity contribution in [3.05, 3.63) is 23.8 Å². The smallest absolute Gasteiger partial charge is 0.260 e. The van der Waals surface area contributed by atoms with Crippen LogP contribution in [0.15, 0.2) is 18.2 Å². The second-order valence-electron chi connectivity index (χ2n) is 5.09. The van der Waals surface area contributed by atoms with E-state index in [4.69, 9.17) is 9.47 Å². The van der Waals surface area contributed by atoms with Gasteiger partial charge in [0.15, 0.2) is 18.1 Å². The molecule has 1 aromatic rings. The largest absolute Gasteiger partial charge is 0.493 e. The first-order valence-corrected chi connectivity index (χ1v) is 6.85. The first-order chi connectivity index (χ1) is 9.61. The average molecular weight is 315 g/mol. The molecule has 1 unspecified atom stereocenters. The number of aryl methyl sites for hydroxylation is 1. The molecule has 2 rings (SSSR count). The zero-order valence-electron chi connectivity index (χ0n) is 12.7. The number of likely N-dealkylation sites (N-methyl/N-ethyl adjacent to an activating group) is 1. The lowest BCUT2D eigenvalue weighted by molar-refractivity contribution is -0.133. The maximum absolute atomic E-state index is 12.1. The fourth-order valence-electron chi connectivity index (χ4n) is 2.31. The Hall–Kier alpha value is -1.46. The Morgan fingerprint density at radius 1 is 1.43 bits per heavy atom. The van der Waals surface area contributed by atoms with E-state index < -0.39 is 0 Å². The van der Waals surface area contributed by atoms with E-state index in [-0.39, 0.29) is 31.0 Å². The van der Waals surface area contributed by atoms with Gasteiger partial charge >= 0.3 is 0 Å². The van der Waals surface area contributed by atoms with E-state index in [2.05, 4.69) is 5.32 Å². The molecular weight excluding hydrogens is 292 g/mol. The number of carbonyl (C=O) groups is 1.